The lowest BCUT2D eigenvalue weighted by Crippen LogP contribution is -2.28. The summed E-state index contributed by atoms with van der Waals surface area (Å²) in [5, 5.41) is 2.85. The second kappa shape index (κ2) is 4.69. The number of nitrogens with one attached hydrogen (secondary N) is 1. The molecule has 1 aromatic heterocycles. The zero-order valence-electron chi connectivity index (χ0n) is 11.2. The highest BCUT2D eigenvalue weighted by molar-refractivity contribution is 5.95. The first-order valence-electron chi connectivity index (χ1n) is 5.46. The van der Waals surface area contributed by atoms with E-state index in [0.717, 1.165) is 0 Å². The molecule has 0 saturated heterocycles. The number of hydrogen-bond acceptors (Lipinski definition) is 4. The number of aryl methyl sites for hydroxylation is 2. The largest absolute Gasteiger partial charge is 0.467 e. The number of methoxy groups -OCH3 is 1. The molecule has 5 heteroatoms. The van der Waals surface area contributed by atoms with Crippen molar-refractivity contribution in [2.75, 3.05) is 12.4 Å². The lowest BCUT2D eigenvalue weighted by Gasteiger charge is -2.19. The summed E-state index contributed by atoms with van der Waals surface area (Å²) < 4.78 is 4.97. The molecular formula is C12H19N3O2. The van der Waals surface area contributed by atoms with Crippen LogP contribution in [0.4, 0.5) is 5.69 Å². The molecule has 0 atom stereocenters. The predicted octanol–water partition coefficient (Wildman–Crippen LogP) is 2.09. The van der Waals surface area contributed by atoms with Gasteiger partial charge in [-0.25, -0.2) is 0 Å². The molecule has 1 heterocycles. The van der Waals surface area contributed by atoms with Crippen LogP contribution in [0, 0.1) is 19.3 Å². The normalized spacial score (nSPS) is 11.2. The molecule has 0 fully saturated rings. The molecule has 1 N–H and O–H groups in total. The number of carbonyl (C=O) groups excluding carboxylic acids is 1. The summed E-state index contributed by atoms with van der Waals surface area (Å²) in [6.45, 7) is 9.21. The van der Waals surface area contributed by atoms with Gasteiger partial charge in [0.05, 0.1) is 24.2 Å². The van der Waals surface area contributed by atoms with Gasteiger partial charge in [-0.05, 0) is 13.8 Å². The Balaban J connectivity index is 3.04. The Bertz CT molecular complexity index is 413. The maximum Gasteiger partial charge on any atom is 0.316 e. The molecule has 94 valence electrons. The fraction of sp³-hybridized carbons (Fsp3) is 0.583. The quantitative estimate of drug-likeness (QED) is 0.855. The van der Waals surface area contributed by atoms with E-state index in [1.165, 1.54) is 7.11 Å². The van der Waals surface area contributed by atoms with Gasteiger partial charge in [-0.2, -0.15) is 9.97 Å². The monoisotopic (exact) mass is 237 g/mol. The number of anilines is 1. The van der Waals surface area contributed by atoms with Crippen LogP contribution in [0.2, 0.25) is 0 Å². The summed E-state index contributed by atoms with van der Waals surface area (Å²) in [5.41, 5.74) is 1.61. The number of rotatable bonds is 2. The Morgan fingerprint density at radius 2 is 1.65 bits per heavy atom. The van der Waals surface area contributed by atoms with E-state index >= 15 is 0 Å². The van der Waals surface area contributed by atoms with Crippen molar-refractivity contribution in [2.24, 2.45) is 5.41 Å². The number of nitrogens with zero attached hydrogens (tertiary/aromatic N) is 2. The highest BCUT2D eigenvalue weighted by Crippen LogP contribution is 2.22. The molecular weight excluding hydrogens is 218 g/mol. The molecule has 0 spiro atoms. The molecule has 5 nitrogen and oxygen atoms in total. The van der Waals surface area contributed by atoms with Crippen molar-refractivity contribution in [3.8, 4) is 6.01 Å². The second-order valence-corrected chi connectivity index (χ2v) is 4.96. The summed E-state index contributed by atoms with van der Waals surface area (Å²) in [4.78, 5) is 20.2. The molecule has 0 aliphatic carbocycles. The summed E-state index contributed by atoms with van der Waals surface area (Å²) in [7, 11) is 1.52. The fourth-order valence-electron chi connectivity index (χ4n) is 1.26. The molecule has 0 radical (unpaired) electrons. The van der Waals surface area contributed by atoms with E-state index < -0.39 is 5.41 Å². The number of amides is 1. The van der Waals surface area contributed by atoms with Gasteiger partial charge in [-0.3, -0.25) is 4.79 Å². The Morgan fingerprint density at radius 3 is 2.00 bits per heavy atom. The number of aromatic nitrogens is 2. The van der Waals surface area contributed by atoms with E-state index in [1.807, 2.05) is 34.6 Å². The summed E-state index contributed by atoms with van der Waals surface area (Å²) in [5.74, 6) is -0.0579. The van der Waals surface area contributed by atoms with E-state index in [1.54, 1.807) is 0 Å². The molecule has 0 aliphatic heterocycles. The van der Waals surface area contributed by atoms with Crippen LogP contribution in [0.3, 0.4) is 0 Å². The van der Waals surface area contributed by atoms with Crippen LogP contribution in [-0.4, -0.2) is 23.0 Å². The fourth-order valence-corrected chi connectivity index (χ4v) is 1.26. The molecule has 0 saturated carbocycles. The number of hydrogen-bond donors (Lipinski definition) is 1. The van der Waals surface area contributed by atoms with Crippen LogP contribution in [0.1, 0.15) is 32.2 Å². The molecule has 1 rings (SSSR count). The topological polar surface area (TPSA) is 64.1 Å². The van der Waals surface area contributed by atoms with Crippen molar-refractivity contribution in [1.29, 1.82) is 0 Å². The minimum absolute atomic E-state index is 0.0579. The molecule has 1 amide bonds. The van der Waals surface area contributed by atoms with Crippen LogP contribution < -0.4 is 10.1 Å². The van der Waals surface area contributed by atoms with Gasteiger partial charge in [-0.15, -0.1) is 0 Å². The Kier molecular flexibility index (Phi) is 3.70. The van der Waals surface area contributed by atoms with Gasteiger partial charge in [0.2, 0.25) is 5.91 Å². The van der Waals surface area contributed by atoms with Crippen molar-refractivity contribution in [1.82, 2.24) is 9.97 Å². The van der Waals surface area contributed by atoms with E-state index in [2.05, 4.69) is 15.3 Å². The van der Waals surface area contributed by atoms with Crippen molar-refractivity contribution < 1.29 is 9.53 Å². The maximum atomic E-state index is 11.9. The zero-order chi connectivity index (χ0) is 13.2. The predicted molar refractivity (Wildman–Crippen MR) is 66.1 cm³/mol. The first kappa shape index (κ1) is 13.4. The highest BCUT2D eigenvalue weighted by atomic mass is 16.5. The summed E-state index contributed by atoms with van der Waals surface area (Å²) in [6, 6.07) is 0.314. The van der Waals surface area contributed by atoms with Gasteiger partial charge in [0.25, 0.3) is 0 Å². The van der Waals surface area contributed by atoms with Crippen molar-refractivity contribution in [3.63, 3.8) is 0 Å². The average Bonchev–Trinajstić information content (AvgIpc) is 2.21. The van der Waals surface area contributed by atoms with Crippen LogP contribution in [0.25, 0.3) is 0 Å². The van der Waals surface area contributed by atoms with Crippen LogP contribution >= 0.6 is 0 Å². The molecule has 1 aromatic rings. The van der Waals surface area contributed by atoms with Crippen LogP contribution in [-0.2, 0) is 4.79 Å². The summed E-state index contributed by atoms with van der Waals surface area (Å²) >= 11 is 0. The lowest BCUT2D eigenvalue weighted by atomic mass is 9.95. The van der Waals surface area contributed by atoms with E-state index in [9.17, 15) is 4.79 Å². The number of carbonyl (C=O) groups is 1. The third-order valence-electron chi connectivity index (χ3n) is 2.35. The first-order valence-corrected chi connectivity index (χ1v) is 5.46. The first-order chi connectivity index (χ1) is 7.75. The van der Waals surface area contributed by atoms with Crippen molar-refractivity contribution >= 4 is 11.6 Å². The van der Waals surface area contributed by atoms with Crippen molar-refractivity contribution in [2.45, 2.75) is 34.6 Å². The molecule has 0 unspecified atom stereocenters. The van der Waals surface area contributed by atoms with Gasteiger partial charge in [0, 0.05) is 5.41 Å². The summed E-state index contributed by atoms with van der Waals surface area (Å²) in [6.07, 6.45) is 0. The molecule has 0 aliphatic rings. The van der Waals surface area contributed by atoms with E-state index in [0.29, 0.717) is 23.1 Å². The standard InChI is InChI=1S/C12H19N3O2/c1-7-9(15-10(16)12(3,4)5)8(2)14-11(13-7)17-6/h1-6H3,(H,15,16). The van der Waals surface area contributed by atoms with Gasteiger partial charge < -0.3 is 10.1 Å². The maximum absolute atomic E-state index is 11.9. The van der Waals surface area contributed by atoms with Gasteiger partial charge >= 0.3 is 6.01 Å². The Morgan fingerprint density at radius 1 is 1.18 bits per heavy atom. The van der Waals surface area contributed by atoms with Crippen LogP contribution in [0.5, 0.6) is 6.01 Å². The lowest BCUT2D eigenvalue weighted by molar-refractivity contribution is -0.123. The number of ether oxygens (including phenoxy) is 1. The minimum Gasteiger partial charge on any atom is -0.467 e. The van der Waals surface area contributed by atoms with Gasteiger partial charge in [-0.1, -0.05) is 20.8 Å². The third-order valence-corrected chi connectivity index (χ3v) is 2.35. The van der Waals surface area contributed by atoms with Gasteiger partial charge in [0.1, 0.15) is 0 Å². The second-order valence-electron chi connectivity index (χ2n) is 4.96. The molecule has 17 heavy (non-hydrogen) atoms. The average molecular weight is 237 g/mol. The molecule has 0 bridgehead atoms. The molecule has 0 aromatic carbocycles. The Labute approximate surface area is 102 Å². The third kappa shape index (κ3) is 3.15. The SMILES string of the molecule is COc1nc(C)c(NC(=O)C(C)(C)C)c(C)n1. The highest BCUT2D eigenvalue weighted by Gasteiger charge is 2.23. The van der Waals surface area contributed by atoms with E-state index in [4.69, 9.17) is 4.74 Å². The smallest absolute Gasteiger partial charge is 0.316 e. The minimum atomic E-state index is -0.446. The Hall–Kier alpha value is -1.65. The van der Waals surface area contributed by atoms with Crippen molar-refractivity contribution in [3.05, 3.63) is 11.4 Å². The van der Waals surface area contributed by atoms with Gasteiger partial charge in [0.15, 0.2) is 0 Å². The zero-order valence-corrected chi connectivity index (χ0v) is 11.2. The van der Waals surface area contributed by atoms with E-state index in [-0.39, 0.29) is 5.91 Å². The van der Waals surface area contributed by atoms with Crippen LogP contribution in [0.15, 0.2) is 0 Å².